The van der Waals surface area contributed by atoms with Crippen LogP contribution in [-0.2, 0) is 16.3 Å². The monoisotopic (exact) mass is 257 g/mol. The first kappa shape index (κ1) is 12.0. The molecular formula is C11H15NO2S2. The summed E-state index contributed by atoms with van der Waals surface area (Å²) in [5.74, 6) is 0.273. The van der Waals surface area contributed by atoms with Gasteiger partial charge >= 0.3 is 0 Å². The van der Waals surface area contributed by atoms with Gasteiger partial charge in [-0.15, -0.1) is 0 Å². The highest BCUT2D eigenvalue weighted by atomic mass is 32.2. The molecule has 0 saturated heterocycles. The molecule has 1 heterocycles. The maximum absolute atomic E-state index is 11.8. The van der Waals surface area contributed by atoms with Crippen LogP contribution in [0.4, 0.5) is 0 Å². The Morgan fingerprint density at radius 1 is 1.44 bits per heavy atom. The first-order valence-electron chi connectivity index (χ1n) is 5.25. The number of rotatable bonds is 2. The smallest absolute Gasteiger partial charge is 0.178 e. The lowest BCUT2D eigenvalue weighted by Crippen LogP contribution is -2.17. The highest BCUT2D eigenvalue weighted by Crippen LogP contribution is 2.28. The molecule has 0 aromatic heterocycles. The molecule has 0 fully saturated rings. The van der Waals surface area contributed by atoms with Gasteiger partial charge in [-0.25, -0.2) is 8.42 Å². The van der Waals surface area contributed by atoms with Gasteiger partial charge in [-0.3, -0.25) is 0 Å². The minimum atomic E-state index is -3.04. The number of nitrogens with one attached hydrogen (secondary N) is 1. The minimum Gasteiger partial charge on any atom is -0.305 e. The molecule has 1 N–H and O–H groups in total. The van der Waals surface area contributed by atoms with Gasteiger partial charge in [-0.1, -0.05) is 12.1 Å². The molecule has 1 aliphatic rings. The Labute approximate surface area is 102 Å². The van der Waals surface area contributed by atoms with Crippen LogP contribution in [0.3, 0.4) is 0 Å². The van der Waals surface area contributed by atoms with Crippen LogP contribution in [-0.4, -0.2) is 21.2 Å². The van der Waals surface area contributed by atoms with E-state index in [-0.39, 0.29) is 11.1 Å². The fourth-order valence-corrected chi connectivity index (χ4v) is 3.74. The second-order valence-corrected chi connectivity index (χ2v) is 6.57. The maximum atomic E-state index is 11.8. The number of benzene rings is 1. The van der Waals surface area contributed by atoms with E-state index in [0.29, 0.717) is 4.90 Å². The molecule has 0 amide bonds. The second kappa shape index (κ2) is 4.39. The number of thiol groups is 1. The first-order valence-corrected chi connectivity index (χ1v) is 7.42. The molecule has 1 aromatic rings. The van der Waals surface area contributed by atoms with E-state index >= 15 is 0 Å². The zero-order valence-corrected chi connectivity index (χ0v) is 10.8. The fourth-order valence-electron chi connectivity index (χ4n) is 2.00. The summed E-state index contributed by atoms with van der Waals surface area (Å²) in [6.45, 7) is 0. The Bertz CT molecular complexity index is 497. The number of hydrogen-bond donors (Lipinski definition) is 2. The predicted molar refractivity (Wildman–Crippen MR) is 67.6 cm³/mol. The third-order valence-corrected chi connectivity index (χ3v) is 5.32. The Hall–Kier alpha value is -0.520. The van der Waals surface area contributed by atoms with Gasteiger partial charge in [0, 0.05) is 0 Å². The number of sulfone groups is 1. The molecular weight excluding hydrogens is 242 g/mol. The van der Waals surface area contributed by atoms with E-state index in [0.717, 1.165) is 24.0 Å². The summed E-state index contributed by atoms with van der Waals surface area (Å²) in [7, 11) is -1.21. The van der Waals surface area contributed by atoms with Crippen molar-refractivity contribution in [3.05, 3.63) is 29.3 Å². The normalized spacial score (nSPS) is 20.1. The summed E-state index contributed by atoms with van der Waals surface area (Å²) in [5.41, 5.74) is 1.94. The summed E-state index contributed by atoms with van der Waals surface area (Å²) in [6.07, 6.45) is 1.56. The average Bonchev–Trinajstić information content (AvgIpc) is 2.27. The van der Waals surface area contributed by atoms with Crippen molar-refractivity contribution in [1.82, 2.24) is 5.32 Å². The Morgan fingerprint density at radius 2 is 2.19 bits per heavy atom. The van der Waals surface area contributed by atoms with Crippen molar-refractivity contribution in [3.63, 3.8) is 0 Å². The van der Waals surface area contributed by atoms with E-state index < -0.39 is 9.84 Å². The number of fused-ring (bicyclic) bond motifs is 1. The van der Waals surface area contributed by atoms with Gasteiger partial charge in [0.05, 0.1) is 16.0 Å². The fraction of sp³-hybridized carbons (Fsp3) is 0.455. The Morgan fingerprint density at radius 3 is 2.88 bits per heavy atom. The Kier molecular flexibility index (Phi) is 3.28. The molecule has 1 aliphatic heterocycles. The van der Waals surface area contributed by atoms with Crippen LogP contribution in [0.5, 0.6) is 0 Å². The molecule has 0 saturated carbocycles. The topological polar surface area (TPSA) is 46.2 Å². The molecule has 5 heteroatoms. The van der Waals surface area contributed by atoms with Gasteiger partial charge in [0.2, 0.25) is 0 Å². The van der Waals surface area contributed by atoms with Crippen LogP contribution in [0.15, 0.2) is 23.1 Å². The van der Waals surface area contributed by atoms with Crippen molar-refractivity contribution < 1.29 is 8.42 Å². The summed E-state index contributed by atoms with van der Waals surface area (Å²) in [6, 6.07) is 5.48. The molecule has 1 aromatic carbocycles. The lowest BCUT2D eigenvalue weighted by atomic mass is 10.1. The van der Waals surface area contributed by atoms with Crippen molar-refractivity contribution >= 4 is 22.5 Å². The summed E-state index contributed by atoms with van der Waals surface area (Å²) in [5, 5.41) is 2.98. The predicted octanol–water partition coefficient (Wildman–Crippen LogP) is 1.55. The van der Waals surface area contributed by atoms with Gasteiger partial charge < -0.3 is 5.32 Å². The minimum absolute atomic E-state index is 0.0464. The quantitative estimate of drug-likeness (QED) is 0.624. The van der Waals surface area contributed by atoms with Gasteiger partial charge in [-0.05, 0) is 37.1 Å². The zero-order valence-electron chi connectivity index (χ0n) is 9.10. The van der Waals surface area contributed by atoms with E-state index in [1.807, 2.05) is 19.2 Å². The standard InChI is InChI=1S/C11H15NO2S2/c1-12-11(15)9-4-5-10-8(7-9)3-2-6-16(10,13)14/h4-5,7,11-12,15H,2-3,6H2,1H3. The number of aryl methyl sites for hydroxylation is 1. The molecule has 16 heavy (non-hydrogen) atoms. The SMILES string of the molecule is CNC(S)c1ccc2c(c1)CCCS2(=O)=O. The van der Waals surface area contributed by atoms with Gasteiger partial charge in [0.15, 0.2) is 9.84 Å². The number of hydrogen-bond acceptors (Lipinski definition) is 4. The molecule has 0 radical (unpaired) electrons. The van der Waals surface area contributed by atoms with Gasteiger partial charge in [0.1, 0.15) is 0 Å². The molecule has 3 nitrogen and oxygen atoms in total. The molecule has 0 bridgehead atoms. The van der Waals surface area contributed by atoms with Crippen LogP contribution in [0.2, 0.25) is 0 Å². The van der Waals surface area contributed by atoms with Crippen LogP contribution in [0, 0.1) is 0 Å². The summed E-state index contributed by atoms with van der Waals surface area (Å²) < 4.78 is 23.6. The first-order chi connectivity index (χ1) is 7.54. The lowest BCUT2D eigenvalue weighted by molar-refractivity contribution is 0.586. The van der Waals surface area contributed by atoms with Crippen LogP contribution in [0.1, 0.15) is 22.9 Å². The molecule has 2 rings (SSSR count). The van der Waals surface area contributed by atoms with Crippen LogP contribution >= 0.6 is 12.6 Å². The van der Waals surface area contributed by atoms with Crippen LogP contribution in [0.25, 0.3) is 0 Å². The molecule has 0 aliphatic carbocycles. The van der Waals surface area contributed by atoms with E-state index in [9.17, 15) is 8.42 Å². The highest BCUT2D eigenvalue weighted by molar-refractivity contribution is 7.91. The van der Waals surface area contributed by atoms with E-state index in [1.165, 1.54) is 0 Å². The highest BCUT2D eigenvalue weighted by Gasteiger charge is 2.23. The van der Waals surface area contributed by atoms with E-state index in [2.05, 4.69) is 17.9 Å². The molecule has 88 valence electrons. The van der Waals surface area contributed by atoms with Crippen molar-refractivity contribution in [2.24, 2.45) is 0 Å². The average molecular weight is 257 g/mol. The largest absolute Gasteiger partial charge is 0.305 e. The van der Waals surface area contributed by atoms with Crippen molar-refractivity contribution in [2.75, 3.05) is 12.8 Å². The Balaban J connectivity index is 2.48. The molecule has 0 spiro atoms. The van der Waals surface area contributed by atoms with Gasteiger partial charge in [-0.2, -0.15) is 12.6 Å². The van der Waals surface area contributed by atoms with Crippen molar-refractivity contribution in [3.8, 4) is 0 Å². The maximum Gasteiger partial charge on any atom is 0.178 e. The van der Waals surface area contributed by atoms with Gasteiger partial charge in [0.25, 0.3) is 0 Å². The summed E-state index contributed by atoms with van der Waals surface area (Å²) in [4.78, 5) is 0.499. The molecule has 1 atom stereocenters. The molecule has 1 unspecified atom stereocenters. The summed E-state index contributed by atoms with van der Waals surface area (Å²) >= 11 is 4.37. The van der Waals surface area contributed by atoms with E-state index in [4.69, 9.17) is 0 Å². The third kappa shape index (κ3) is 2.12. The second-order valence-electron chi connectivity index (χ2n) is 3.98. The van der Waals surface area contributed by atoms with E-state index in [1.54, 1.807) is 6.07 Å². The van der Waals surface area contributed by atoms with Crippen molar-refractivity contribution in [2.45, 2.75) is 23.1 Å². The lowest BCUT2D eigenvalue weighted by Gasteiger charge is -2.18. The zero-order chi connectivity index (χ0) is 11.8. The van der Waals surface area contributed by atoms with Crippen molar-refractivity contribution in [1.29, 1.82) is 0 Å². The van der Waals surface area contributed by atoms with Crippen LogP contribution < -0.4 is 5.32 Å². The third-order valence-electron chi connectivity index (χ3n) is 2.87.